The average molecular weight is 376 g/mol. The van der Waals surface area contributed by atoms with E-state index in [0.717, 1.165) is 0 Å². The van der Waals surface area contributed by atoms with Crippen molar-refractivity contribution in [2.24, 2.45) is 0 Å². The molecule has 3 N–H and O–H groups in total. The summed E-state index contributed by atoms with van der Waals surface area (Å²) in [5.41, 5.74) is 1.97. The zero-order valence-corrected chi connectivity index (χ0v) is 14.9. The van der Waals surface area contributed by atoms with Gasteiger partial charge in [-0.2, -0.15) is 0 Å². The summed E-state index contributed by atoms with van der Waals surface area (Å²) in [6.45, 7) is 1.46. The van der Waals surface area contributed by atoms with Crippen molar-refractivity contribution in [1.29, 1.82) is 0 Å². The third kappa shape index (κ3) is 3.35. The number of nitrogens with one attached hydrogen (secondary N) is 3. The number of hydrogen-bond acceptors (Lipinski definition) is 5. The molecule has 2 aromatic heterocycles. The standard InChI is InChI=1S/C20H16N4O4/c1-11-23-16-7-6-12(8-17(16)28-11)24-18(25)10-22-20(27)14-9-21-15-5-3-2-4-13(15)19(14)26/h2-9H,10H2,1H3,(H,21,26)(H,22,27)(H,24,25). The van der Waals surface area contributed by atoms with Gasteiger partial charge in [-0.15, -0.1) is 0 Å². The zero-order chi connectivity index (χ0) is 19.7. The van der Waals surface area contributed by atoms with Gasteiger partial charge in [-0.1, -0.05) is 12.1 Å². The molecular formula is C20H16N4O4. The molecule has 140 valence electrons. The maximum atomic E-state index is 12.4. The number of hydrogen-bond donors (Lipinski definition) is 3. The molecule has 0 aliphatic heterocycles. The van der Waals surface area contributed by atoms with Gasteiger partial charge >= 0.3 is 0 Å². The molecule has 28 heavy (non-hydrogen) atoms. The first-order valence-corrected chi connectivity index (χ1v) is 8.57. The largest absolute Gasteiger partial charge is 0.441 e. The van der Waals surface area contributed by atoms with Crippen LogP contribution in [0.5, 0.6) is 0 Å². The van der Waals surface area contributed by atoms with E-state index < -0.39 is 17.2 Å². The summed E-state index contributed by atoms with van der Waals surface area (Å²) in [4.78, 5) is 44.0. The number of carbonyl (C=O) groups excluding carboxylic acids is 2. The summed E-state index contributed by atoms with van der Waals surface area (Å²) in [7, 11) is 0. The fourth-order valence-electron chi connectivity index (χ4n) is 2.91. The maximum Gasteiger partial charge on any atom is 0.257 e. The Bertz CT molecular complexity index is 1270. The molecule has 4 rings (SSSR count). The lowest BCUT2D eigenvalue weighted by Gasteiger charge is -2.07. The lowest BCUT2D eigenvalue weighted by atomic mass is 10.1. The van der Waals surface area contributed by atoms with Crippen LogP contribution in [0.1, 0.15) is 16.2 Å². The van der Waals surface area contributed by atoms with E-state index in [9.17, 15) is 14.4 Å². The van der Waals surface area contributed by atoms with Crippen LogP contribution >= 0.6 is 0 Å². The van der Waals surface area contributed by atoms with Gasteiger partial charge in [0.2, 0.25) is 11.3 Å². The number of amides is 2. The second-order valence-electron chi connectivity index (χ2n) is 6.22. The van der Waals surface area contributed by atoms with E-state index in [0.29, 0.717) is 33.6 Å². The van der Waals surface area contributed by atoms with Crippen LogP contribution in [0.3, 0.4) is 0 Å². The monoisotopic (exact) mass is 376 g/mol. The summed E-state index contributed by atoms with van der Waals surface area (Å²) in [5.74, 6) is -0.518. The van der Waals surface area contributed by atoms with Gasteiger partial charge in [-0.3, -0.25) is 14.4 Å². The molecule has 0 radical (unpaired) electrons. The number of aryl methyl sites for hydroxylation is 1. The highest BCUT2D eigenvalue weighted by Crippen LogP contribution is 2.19. The van der Waals surface area contributed by atoms with Crippen LogP contribution in [0.2, 0.25) is 0 Å². The Morgan fingerprint density at radius 1 is 1.18 bits per heavy atom. The second kappa shape index (κ2) is 6.99. The van der Waals surface area contributed by atoms with Crippen molar-refractivity contribution in [2.45, 2.75) is 6.92 Å². The number of para-hydroxylation sites is 1. The second-order valence-corrected chi connectivity index (χ2v) is 6.22. The van der Waals surface area contributed by atoms with Gasteiger partial charge in [0, 0.05) is 35.8 Å². The highest BCUT2D eigenvalue weighted by Gasteiger charge is 2.14. The Labute approximate surface area is 158 Å². The van der Waals surface area contributed by atoms with E-state index in [1.165, 1.54) is 6.20 Å². The molecule has 0 saturated heterocycles. The van der Waals surface area contributed by atoms with Crippen molar-refractivity contribution in [3.63, 3.8) is 0 Å². The van der Waals surface area contributed by atoms with Crippen molar-refractivity contribution in [2.75, 3.05) is 11.9 Å². The van der Waals surface area contributed by atoms with Crippen LogP contribution in [0, 0.1) is 6.92 Å². The number of nitrogens with zero attached hydrogens (tertiary/aromatic N) is 1. The number of aromatic amines is 1. The van der Waals surface area contributed by atoms with Crippen LogP contribution in [0.25, 0.3) is 22.0 Å². The molecule has 0 spiro atoms. The Morgan fingerprint density at radius 2 is 2.00 bits per heavy atom. The molecule has 0 unspecified atom stereocenters. The first-order valence-electron chi connectivity index (χ1n) is 8.57. The van der Waals surface area contributed by atoms with Crippen molar-refractivity contribution in [1.82, 2.24) is 15.3 Å². The minimum Gasteiger partial charge on any atom is -0.441 e. The SMILES string of the molecule is Cc1nc2ccc(NC(=O)CNC(=O)c3c[nH]c4ccccc4c3=O)cc2o1. The quantitative estimate of drug-likeness (QED) is 0.505. The Hall–Kier alpha value is -3.94. The predicted molar refractivity (Wildman–Crippen MR) is 104 cm³/mol. The van der Waals surface area contributed by atoms with Crippen molar-refractivity contribution in [3.8, 4) is 0 Å². The summed E-state index contributed by atoms with van der Waals surface area (Å²) in [6.07, 6.45) is 1.35. The molecule has 0 saturated carbocycles. The van der Waals surface area contributed by atoms with Gasteiger partial charge in [-0.05, 0) is 24.3 Å². The highest BCUT2D eigenvalue weighted by atomic mass is 16.3. The van der Waals surface area contributed by atoms with E-state index in [2.05, 4.69) is 20.6 Å². The van der Waals surface area contributed by atoms with Crippen molar-refractivity contribution in [3.05, 3.63) is 70.3 Å². The van der Waals surface area contributed by atoms with Crippen LogP contribution < -0.4 is 16.1 Å². The van der Waals surface area contributed by atoms with Gasteiger partial charge < -0.3 is 20.0 Å². The highest BCUT2D eigenvalue weighted by molar-refractivity contribution is 6.01. The smallest absolute Gasteiger partial charge is 0.257 e. The number of rotatable bonds is 4. The number of fused-ring (bicyclic) bond motifs is 2. The van der Waals surface area contributed by atoms with Crippen LogP contribution in [0.4, 0.5) is 5.69 Å². The lowest BCUT2D eigenvalue weighted by Crippen LogP contribution is -2.35. The maximum absolute atomic E-state index is 12.4. The molecule has 2 heterocycles. The summed E-state index contributed by atoms with van der Waals surface area (Å²) in [5, 5.41) is 5.54. The van der Waals surface area contributed by atoms with Crippen LogP contribution in [-0.2, 0) is 4.79 Å². The molecule has 8 heteroatoms. The van der Waals surface area contributed by atoms with Gasteiger partial charge in [0.1, 0.15) is 11.1 Å². The fourth-order valence-corrected chi connectivity index (χ4v) is 2.91. The number of carbonyl (C=O) groups is 2. The van der Waals surface area contributed by atoms with Crippen molar-refractivity contribution >= 4 is 39.5 Å². The Kier molecular flexibility index (Phi) is 4.36. The summed E-state index contributed by atoms with van der Waals surface area (Å²) in [6, 6.07) is 12.0. The van der Waals surface area contributed by atoms with E-state index in [1.54, 1.807) is 49.4 Å². The van der Waals surface area contributed by atoms with Crippen molar-refractivity contribution < 1.29 is 14.0 Å². The molecule has 0 bridgehead atoms. The summed E-state index contributed by atoms with van der Waals surface area (Å²) < 4.78 is 5.42. The molecule has 0 aliphatic rings. The van der Waals surface area contributed by atoms with Gasteiger partial charge in [0.05, 0.1) is 6.54 Å². The molecule has 0 atom stereocenters. The molecule has 2 amide bonds. The predicted octanol–water partition coefficient (Wildman–Crippen LogP) is 2.35. The van der Waals surface area contributed by atoms with Crippen LogP contribution in [-0.4, -0.2) is 28.3 Å². The topological polar surface area (TPSA) is 117 Å². The van der Waals surface area contributed by atoms with E-state index >= 15 is 0 Å². The minimum absolute atomic E-state index is 0.0509. The van der Waals surface area contributed by atoms with Gasteiger partial charge in [0.15, 0.2) is 11.5 Å². The average Bonchev–Trinajstić information content (AvgIpc) is 3.06. The van der Waals surface area contributed by atoms with E-state index in [4.69, 9.17) is 4.42 Å². The Morgan fingerprint density at radius 3 is 2.86 bits per heavy atom. The Balaban J connectivity index is 1.43. The van der Waals surface area contributed by atoms with E-state index in [1.807, 2.05) is 0 Å². The number of oxazole rings is 1. The zero-order valence-electron chi connectivity index (χ0n) is 14.9. The number of aromatic nitrogens is 2. The van der Waals surface area contributed by atoms with Gasteiger partial charge in [-0.25, -0.2) is 4.98 Å². The van der Waals surface area contributed by atoms with E-state index in [-0.39, 0.29) is 12.1 Å². The normalized spacial score (nSPS) is 10.9. The van der Waals surface area contributed by atoms with Crippen LogP contribution in [0.15, 0.2) is 57.9 Å². The lowest BCUT2D eigenvalue weighted by molar-refractivity contribution is -0.115. The minimum atomic E-state index is -0.622. The number of pyridine rings is 1. The fraction of sp³-hybridized carbons (Fsp3) is 0.100. The first kappa shape index (κ1) is 17.5. The third-order valence-corrected chi connectivity index (χ3v) is 4.22. The molecule has 4 aromatic rings. The van der Waals surface area contributed by atoms with Gasteiger partial charge in [0.25, 0.3) is 5.91 Å². The third-order valence-electron chi connectivity index (χ3n) is 4.22. The number of H-pyrrole nitrogens is 1. The molecule has 0 aliphatic carbocycles. The molecule has 8 nitrogen and oxygen atoms in total. The number of benzene rings is 2. The molecule has 0 fully saturated rings. The molecule has 2 aromatic carbocycles. The number of anilines is 1. The molecular weight excluding hydrogens is 360 g/mol. The first-order chi connectivity index (χ1) is 13.5. The summed E-state index contributed by atoms with van der Waals surface area (Å²) >= 11 is 0.